The third-order valence-electron chi connectivity index (χ3n) is 4.43. The van der Waals surface area contributed by atoms with E-state index in [2.05, 4.69) is 22.8 Å². The molecule has 120 valence electrons. The van der Waals surface area contributed by atoms with Gasteiger partial charge in [-0.3, -0.25) is 4.79 Å². The van der Waals surface area contributed by atoms with Crippen molar-refractivity contribution in [1.29, 1.82) is 0 Å². The zero-order valence-electron chi connectivity index (χ0n) is 13.1. The van der Waals surface area contributed by atoms with Gasteiger partial charge >= 0.3 is 0 Å². The highest BCUT2D eigenvalue weighted by Crippen LogP contribution is 2.47. The second kappa shape index (κ2) is 6.84. The molecule has 1 aliphatic rings. The molecule has 3 rings (SSSR count). The number of carbonyl (C=O) groups is 1. The second-order valence-electron chi connectivity index (χ2n) is 6.14. The normalized spacial score (nSPS) is 15.0. The van der Waals surface area contributed by atoms with Crippen LogP contribution in [0, 0.1) is 0 Å². The Morgan fingerprint density at radius 2 is 1.87 bits per heavy atom. The molecule has 4 heteroatoms. The minimum Gasteiger partial charge on any atom is -0.392 e. The smallest absolute Gasteiger partial charge is 0.239 e. The molecular formula is C19H22N2O2. The number of benzene rings is 2. The van der Waals surface area contributed by atoms with Gasteiger partial charge in [-0.15, -0.1) is 0 Å². The van der Waals surface area contributed by atoms with E-state index in [-0.39, 0.29) is 24.5 Å². The fraction of sp³-hybridized carbons (Fsp3) is 0.316. The van der Waals surface area contributed by atoms with Gasteiger partial charge in [0.2, 0.25) is 5.91 Å². The van der Waals surface area contributed by atoms with Crippen LogP contribution in [-0.4, -0.2) is 24.1 Å². The first-order valence-corrected chi connectivity index (χ1v) is 7.98. The van der Waals surface area contributed by atoms with E-state index in [4.69, 9.17) is 5.11 Å². The van der Waals surface area contributed by atoms with Gasteiger partial charge in [-0.25, -0.2) is 0 Å². The summed E-state index contributed by atoms with van der Waals surface area (Å²) in [5.74, 6) is -0.0124. The van der Waals surface area contributed by atoms with Crippen molar-refractivity contribution in [2.45, 2.75) is 24.9 Å². The molecule has 3 N–H and O–H groups in total. The molecule has 0 radical (unpaired) electrons. The maximum atomic E-state index is 12.1. The van der Waals surface area contributed by atoms with Crippen molar-refractivity contribution in [1.82, 2.24) is 5.32 Å². The molecule has 1 amide bonds. The molecule has 4 nitrogen and oxygen atoms in total. The topological polar surface area (TPSA) is 61.4 Å². The number of carbonyl (C=O) groups excluding carboxylic acids is 1. The molecule has 1 saturated carbocycles. The van der Waals surface area contributed by atoms with Crippen molar-refractivity contribution in [2.75, 3.05) is 18.4 Å². The number of aliphatic hydroxyl groups is 1. The summed E-state index contributed by atoms with van der Waals surface area (Å²) in [4.78, 5) is 12.1. The maximum Gasteiger partial charge on any atom is 0.239 e. The second-order valence-corrected chi connectivity index (χ2v) is 6.14. The van der Waals surface area contributed by atoms with E-state index >= 15 is 0 Å². The van der Waals surface area contributed by atoms with Crippen LogP contribution in [0.15, 0.2) is 54.6 Å². The largest absolute Gasteiger partial charge is 0.392 e. The number of nitrogens with one attached hydrogen (secondary N) is 2. The molecule has 2 aromatic rings. The third-order valence-corrected chi connectivity index (χ3v) is 4.43. The Morgan fingerprint density at radius 1 is 1.09 bits per heavy atom. The van der Waals surface area contributed by atoms with Crippen molar-refractivity contribution < 1.29 is 9.90 Å². The zero-order valence-corrected chi connectivity index (χ0v) is 13.1. The number of anilines is 1. The van der Waals surface area contributed by atoms with Gasteiger partial charge in [0.1, 0.15) is 0 Å². The van der Waals surface area contributed by atoms with Gasteiger partial charge < -0.3 is 15.7 Å². The Kier molecular flexibility index (Phi) is 4.63. The summed E-state index contributed by atoms with van der Waals surface area (Å²) in [6.07, 6.45) is 2.26. The SMILES string of the molecule is O=C(CNc1cccc(CO)c1)NCC1(c2ccccc2)CC1. The van der Waals surface area contributed by atoms with Crippen molar-refractivity contribution in [3.8, 4) is 0 Å². The molecule has 1 aliphatic carbocycles. The first-order valence-electron chi connectivity index (χ1n) is 7.98. The molecule has 0 atom stereocenters. The summed E-state index contributed by atoms with van der Waals surface area (Å²) < 4.78 is 0. The van der Waals surface area contributed by atoms with Crippen molar-refractivity contribution in [3.05, 3.63) is 65.7 Å². The molecule has 0 heterocycles. The van der Waals surface area contributed by atoms with Crippen molar-refractivity contribution in [2.24, 2.45) is 0 Å². The lowest BCUT2D eigenvalue weighted by molar-refractivity contribution is -0.119. The van der Waals surface area contributed by atoms with Gasteiger partial charge in [0.25, 0.3) is 0 Å². The van der Waals surface area contributed by atoms with Crippen molar-refractivity contribution in [3.63, 3.8) is 0 Å². The molecule has 0 bridgehead atoms. The van der Waals surface area contributed by atoms with Gasteiger partial charge in [-0.05, 0) is 36.1 Å². The molecular weight excluding hydrogens is 288 g/mol. The minimum absolute atomic E-state index is 0.00130. The van der Waals surface area contributed by atoms with Gasteiger partial charge in [-0.2, -0.15) is 0 Å². The monoisotopic (exact) mass is 310 g/mol. The predicted octanol–water partition coefficient (Wildman–Crippen LogP) is 2.44. The molecule has 0 unspecified atom stereocenters. The number of amides is 1. The predicted molar refractivity (Wildman–Crippen MR) is 91.2 cm³/mol. The highest BCUT2D eigenvalue weighted by Gasteiger charge is 2.44. The quantitative estimate of drug-likeness (QED) is 0.736. The number of hydrogen-bond donors (Lipinski definition) is 3. The highest BCUT2D eigenvalue weighted by molar-refractivity contribution is 5.80. The van der Waals surface area contributed by atoms with E-state index in [1.807, 2.05) is 42.5 Å². The fourth-order valence-electron chi connectivity index (χ4n) is 2.80. The van der Waals surface area contributed by atoms with Crippen LogP contribution in [0.4, 0.5) is 5.69 Å². The lowest BCUT2D eigenvalue weighted by atomic mass is 9.96. The van der Waals surface area contributed by atoms with Gasteiger partial charge in [0.15, 0.2) is 0 Å². The van der Waals surface area contributed by atoms with Crippen molar-refractivity contribution >= 4 is 11.6 Å². The maximum absolute atomic E-state index is 12.1. The van der Waals surface area contributed by atoms with Crippen LogP contribution in [0.2, 0.25) is 0 Å². The molecule has 0 saturated heterocycles. The fourth-order valence-corrected chi connectivity index (χ4v) is 2.80. The average molecular weight is 310 g/mol. The summed E-state index contributed by atoms with van der Waals surface area (Å²) in [7, 11) is 0. The minimum atomic E-state index is -0.0124. The van der Waals surface area contributed by atoms with Crippen LogP contribution in [0.25, 0.3) is 0 Å². The Balaban J connectivity index is 1.48. The molecule has 1 fully saturated rings. The molecule has 23 heavy (non-hydrogen) atoms. The van der Waals surface area contributed by atoms with Crippen LogP contribution >= 0.6 is 0 Å². The Hall–Kier alpha value is -2.33. The lowest BCUT2D eigenvalue weighted by Gasteiger charge is -2.17. The summed E-state index contributed by atoms with van der Waals surface area (Å²) in [6, 6.07) is 17.8. The van der Waals surface area contributed by atoms with E-state index in [0.717, 1.165) is 24.1 Å². The molecule has 0 aromatic heterocycles. The van der Waals surface area contributed by atoms with Crippen LogP contribution in [0.3, 0.4) is 0 Å². The van der Waals surface area contributed by atoms with Gasteiger partial charge in [0.05, 0.1) is 13.2 Å². The van der Waals surface area contributed by atoms with Crippen LogP contribution in [0.5, 0.6) is 0 Å². The first-order chi connectivity index (χ1) is 11.2. The summed E-state index contributed by atoms with van der Waals surface area (Å²) in [5, 5.41) is 15.2. The Bertz CT molecular complexity index is 666. The molecule has 0 aliphatic heterocycles. The Labute approximate surface area is 136 Å². The zero-order chi connectivity index (χ0) is 16.1. The van der Waals surface area contributed by atoms with E-state index in [9.17, 15) is 4.79 Å². The van der Waals surface area contributed by atoms with Crippen LogP contribution in [-0.2, 0) is 16.8 Å². The van der Waals surface area contributed by atoms with Gasteiger partial charge in [0, 0.05) is 17.6 Å². The Morgan fingerprint density at radius 3 is 2.57 bits per heavy atom. The number of hydrogen-bond acceptors (Lipinski definition) is 3. The standard InChI is InChI=1S/C19H22N2O2/c22-13-15-5-4-8-17(11-15)20-12-18(23)21-14-19(9-10-19)16-6-2-1-3-7-16/h1-8,11,20,22H,9-10,12-14H2,(H,21,23). The number of aliphatic hydroxyl groups excluding tert-OH is 1. The third kappa shape index (κ3) is 3.90. The number of rotatable bonds is 7. The summed E-state index contributed by atoms with van der Waals surface area (Å²) in [5.41, 5.74) is 3.12. The van der Waals surface area contributed by atoms with E-state index in [0.29, 0.717) is 6.54 Å². The highest BCUT2D eigenvalue weighted by atomic mass is 16.3. The lowest BCUT2D eigenvalue weighted by Crippen LogP contribution is -2.35. The van der Waals surface area contributed by atoms with E-state index in [1.54, 1.807) is 0 Å². The first kappa shape index (κ1) is 15.6. The van der Waals surface area contributed by atoms with Gasteiger partial charge in [-0.1, -0.05) is 42.5 Å². The summed E-state index contributed by atoms with van der Waals surface area (Å²) >= 11 is 0. The summed E-state index contributed by atoms with van der Waals surface area (Å²) in [6.45, 7) is 0.926. The van der Waals surface area contributed by atoms with Crippen LogP contribution in [0.1, 0.15) is 24.0 Å². The van der Waals surface area contributed by atoms with E-state index in [1.165, 1.54) is 5.56 Å². The van der Waals surface area contributed by atoms with E-state index < -0.39 is 0 Å². The average Bonchev–Trinajstić information content (AvgIpc) is 3.40. The van der Waals surface area contributed by atoms with Crippen LogP contribution < -0.4 is 10.6 Å². The molecule has 0 spiro atoms. The molecule has 2 aromatic carbocycles.